The van der Waals surface area contributed by atoms with E-state index >= 15 is 0 Å². The van der Waals surface area contributed by atoms with E-state index in [-0.39, 0.29) is 5.97 Å². The number of nitrogens with zero attached hydrogens (tertiary/aromatic N) is 1. The van der Waals surface area contributed by atoms with E-state index in [1.165, 1.54) is 7.11 Å². The molecule has 0 amide bonds. The number of hydrogen-bond donors (Lipinski definition) is 1. The molecule has 98 valence electrons. The zero-order chi connectivity index (χ0) is 13.7. The number of pyridine rings is 1. The van der Waals surface area contributed by atoms with Crippen LogP contribution in [0.25, 0.3) is 0 Å². The van der Waals surface area contributed by atoms with Gasteiger partial charge in [0.15, 0.2) is 0 Å². The lowest BCUT2D eigenvalue weighted by atomic mass is 10.1. The lowest BCUT2D eigenvalue weighted by molar-refractivity contribution is 0.0600. The first-order valence-corrected chi connectivity index (χ1v) is 6.69. The highest BCUT2D eigenvalue weighted by Crippen LogP contribution is 2.22. The molecule has 1 aromatic carbocycles. The number of thioether (sulfide) groups is 1. The first-order valence-electron chi connectivity index (χ1n) is 5.70. The second-order valence-electron chi connectivity index (χ2n) is 3.90. The van der Waals surface area contributed by atoms with Crippen molar-refractivity contribution in [2.24, 2.45) is 0 Å². The highest BCUT2D eigenvalue weighted by atomic mass is 32.2. The second kappa shape index (κ2) is 6.24. The van der Waals surface area contributed by atoms with Crippen LogP contribution in [0.5, 0.6) is 0 Å². The van der Waals surface area contributed by atoms with Crippen molar-refractivity contribution in [2.75, 3.05) is 12.8 Å². The van der Waals surface area contributed by atoms with E-state index in [0.717, 1.165) is 16.2 Å². The number of ether oxygens (including phenoxy) is 1. The van der Waals surface area contributed by atoms with Gasteiger partial charge in [-0.05, 0) is 29.8 Å². The molecule has 1 aromatic heterocycles. The summed E-state index contributed by atoms with van der Waals surface area (Å²) in [6.07, 6.45) is 1.75. The molecule has 0 unspecified atom stereocenters. The van der Waals surface area contributed by atoms with E-state index in [0.29, 0.717) is 11.4 Å². The molecule has 0 aliphatic heterocycles. The normalized spacial score (nSPS) is 10.2. The number of nitrogen functional groups attached to an aromatic ring is 1. The molecule has 2 N–H and O–H groups in total. The van der Waals surface area contributed by atoms with Crippen molar-refractivity contribution < 1.29 is 9.53 Å². The predicted octanol–water partition coefficient (Wildman–Crippen LogP) is 2.74. The molecule has 2 aromatic rings. The number of rotatable bonds is 4. The molecule has 0 aliphatic rings. The Morgan fingerprint density at radius 2 is 2.00 bits per heavy atom. The van der Waals surface area contributed by atoms with Crippen LogP contribution in [0.2, 0.25) is 0 Å². The Labute approximate surface area is 116 Å². The third-order valence-corrected chi connectivity index (χ3v) is 3.59. The van der Waals surface area contributed by atoms with Crippen LogP contribution >= 0.6 is 11.8 Å². The molecule has 0 saturated heterocycles. The Morgan fingerprint density at radius 1 is 1.26 bits per heavy atom. The zero-order valence-electron chi connectivity index (χ0n) is 10.5. The van der Waals surface area contributed by atoms with Crippen molar-refractivity contribution in [3.8, 4) is 0 Å². The van der Waals surface area contributed by atoms with Crippen LogP contribution in [0.3, 0.4) is 0 Å². The van der Waals surface area contributed by atoms with E-state index in [9.17, 15) is 4.79 Å². The van der Waals surface area contributed by atoms with Gasteiger partial charge in [0.05, 0.1) is 12.7 Å². The Kier molecular flexibility index (Phi) is 4.41. The summed E-state index contributed by atoms with van der Waals surface area (Å²) in [5.41, 5.74) is 7.22. The quantitative estimate of drug-likeness (QED) is 0.686. The minimum absolute atomic E-state index is 0.318. The van der Waals surface area contributed by atoms with Crippen molar-refractivity contribution in [3.63, 3.8) is 0 Å². The van der Waals surface area contributed by atoms with E-state index in [1.54, 1.807) is 36.2 Å². The van der Waals surface area contributed by atoms with E-state index in [2.05, 4.69) is 9.72 Å². The van der Waals surface area contributed by atoms with Gasteiger partial charge in [0.2, 0.25) is 0 Å². The second-order valence-corrected chi connectivity index (χ2v) is 4.94. The summed E-state index contributed by atoms with van der Waals surface area (Å²) in [6, 6.07) is 11.1. The summed E-state index contributed by atoms with van der Waals surface area (Å²) >= 11 is 1.67. The number of hydrogen-bond acceptors (Lipinski definition) is 5. The molecule has 2 rings (SSSR count). The standard InChI is InChI=1S/C14H14N2O2S/c1-18-14(17)11-4-2-10(3-5-11)9-19-12-6-7-13(15)16-8-12/h2-8H,9H2,1H3,(H2,15,16). The van der Waals surface area contributed by atoms with Gasteiger partial charge in [-0.2, -0.15) is 0 Å². The number of esters is 1. The van der Waals surface area contributed by atoms with Crippen LogP contribution in [0, 0.1) is 0 Å². The molecule has 4 nitrogen and oxygen atoms in total. The molecule has 0 atom stereocenters. The highest BCUT2D eigenvalue weighted by Gasteiger charge is 2.04. The summed E-state index contributed by atoms with van der Waals surface area (Å²) in [5, 5.41) is 0. The number of benzene rings is 1. The van der Waals surface area contributed by atoms with Gasteiger partial charge >= 0.3 is 5.97 Å². The molecule has 0 bridgehead atoms. The maximum Gasteiger partial charge on any atom is 0.337 e. The predicted molar refractivity (Wildman–Crippen MR) is 76.0 cm³/mol. The van der Waals surface area contributed by atoms with Crippen LogP contribution in [0.15, 0.2) is 47.5 Å². The summed E-state index contributed by atoms with van der Waals surface area (Å²) in [6.45, 7) is 0. The molecule has 5 heteroatoms. The lowest BCUT2D eigenvalue weighted by Crippen LogP contribution is -2.00. The Morgan fingerprint density at radius 3 is 2.58 bits per heavy atom. The molecule has 0 spiro atoms. The smallest absolute Gasteiger partial charge is 0.337 e. The minimum Gasteiger partial charge on any atom is -0.465 e. The summed E-state index contributed by atoms with van der Waals surface area (Å²) in [5.74, 6) is 1.02. The highest BCUT2D eigenvalue weighted by molar-refractivity contribution is 7.98. The number of nitrogens with two attached hydrogens (primary N) is 1. The van der Waals surface area contributed by atoms with Gasteiger partial charge < -0.3 is 10.5 Å². The third kappa shape index (κ3) is 3.72. The van der Waals surface area contributed by atoms with E-state index < -0.39 is 0 Å². The van der Waals surface area contributed by atoms with Crippen LogP contribution in [0.1, 0.15) is 15.9 Å². The Balaban J connectivity index is 1.96. The summed E-state index contributed by atoms with van der Waals surface area (Å²) in [4.78, 5) is 16.4. The van der Waals surface area contributed by atoms with Gasteiger partial charge in [-0.25, -0.2) is 9.78 Å². The van der Waals surface area contributed by atoms with E-state index in [4.69, 9.17) is 5.73 Å². The van der Waals surface area contributed by atoms with Crippen LogP contribution in [0.4, 0.5) is 5.82 Å². The van der Waals surface area contributed by atoms with Gasteiger partial charge in [-0.15, -0.1) is 11.8 Å². The Bertz CT molecular complexity index is 553. The Hall–Kier alpha value is -2.01. The number of carbonyl (C=O) groups is 1. The van der Waals surface area contributed by atoms with Crippen LogP contribution in [-0.4, -0.2) is 18.1 Å². The third-order valence-electron chi connectivity index (χ3n) is 2.54. The number of methoxy groups -OCH3 is 1. The molecule has 19 heavy (non-hydrogen) atoms. The van der Waals surface area contributed by atoms with E-state index in [1.807, 2.05) is 18.2 Å². The maximum absolute atomic E-state index is 11.3. The van der Waals surface area contributed by atoms with Crippen molar-refractivity contribution >= 4 is 23.5 Å². The van der Waals surface area contributed by atoms with Crippen molar-refractivity contribution in [1.82, 2.24) is 4.98 Å². The van der Waals surface area contributed by atoms with Gasteiger partial charge in [-0.1, -0.05) is 12.1 Å². The maximum atomic E-state index is 11.3. The fourth-order valence-electron chi connectivity index (χ4n) is 1.50. The monoisotopic (exact) mass is 274 g/mol. The topological polar surface area (TPSA) is 65.2 Å². The first kappa shape index (κ1) is 13.4. The average molecular weight is 274 g/mol. The van der Waals surface area contributed by atoms with Gasteiger partial charge in [0, 0.05) is 16.8 Å². The molecule has 1 heterocycles. The van der Waals surface area contributed by atoms with Crippen molar-refractivity contribution in [3.05, 3.63) is 53.7 Å². The van der Waals surface area contributed by atoms with Crippen molar-refractivity contribution in [1.29, 1.82) is 0 Å². The molecule has 0 fully saturated rings. The summed E-state index contributed by atoms with van der Waals surface area (Å²) < 4.78 is 4.65. The van der Waals surface area contributed by atoms with Crippen molar-refractivity contribution in [2.45, 2.75) is 10.6 Å². The molecule has 0 aliphatic carbocycles. The van der Waals surface area contributed by atoms with Gasteiger partial charge in [0.25, 0.3) is 0 Å². The molecular weight excluding hydrogens is 260 g/mol. The SMILES string of the molecule is COC(=O)c1ccc(CSc2ccc(N)nc2)cc1. The lowest BCUT2D eigenvalue weighted by Gasteiger charge is -2.03. The molecule has 0 radical (unpaired) electrons. The fraction of sp³-hybridized carbons (Fsp3) is 0.143. The fourth-order valence-corrected chi connectivity index (χ4v) is 2.32. The minimum atomic E-state index is -0.318. The molecular formula is C14H14N2O2S. The zero-order valence-corrected chi connectivity index (χ0v) is 11.3. The largest absolute Gasteiger partial charge is 0.465 e. The number of aromatic nitrogens is 1. The number of anilines is 1. The van der Waals surface area contributed by atoms with Gasteiger partial charge in [-0.3, -0.25) is 0 Å². The average Bonchev–Trinajstić information content (AvgIpc) is 2.46. The van der Waals surface area contributed by atoms with Gasteiger partial charge in [0.1, 0.15) is 5.82 Å². The first-order chi connectivity index (χ1) is 9.19. The number of carbonyl (C=O) groups excluding carboxylic acids is 1. The molecule has 0 saturated carbocycles. The van der Waals surface area contributed by atoms with Crippen LogP contribution < -0.4 is 5.73 Å². The summed E-state index contributed by atoms with van der Waals surface area (Å²) in [7, 11) is 1.38. The van der Waals surface area contributed by atoms with Crippen LogP contribution in [-0.2, 0) is 10.5 Å².